The third-order valence-corrected chi connectivity index (χ3v) is 0.726. The molecule has 0 aliphatic rings. The Labute approximate surface area is 76.7 Å². The van der Waals surface area contributed by atoms with Crippen molar-refractivity contribution < 1.29 is 45.1 Å². The Kier molecular flexibility index (Phi) is 5.74. The quantitative estimate of drug-likeness (QED) is 0.552. The van der Waals surface area contributed by atoms with Crippen molar-refractivity contribution >= 4 is 11.6 Å². The third-order valence-electron chi connectivity index (χ3n) is 0.726. The van der Waals surface area contributed by atoms with Gasteiger partial charge in [0, 0.05) is 22.4 Å². The van der Waals surface area contributed by atoms with E-state index in [-0.39, 0.29) is 22.4 Å². The van der Waals surface area contributed by atoms with Gasteiger partial charge in [0.15, 0.2) is 0 Å². The van der Waals surface area contributed by atoms with E-state index in [0.717, 1.165) is 6.92 Å². The van der Waals surface area contributed by atoms with Crippen LogP contribution in [-0.2, 0) is 32.0 Å². The van der Waals surface area contributed by atoms with Gasteiger partial charge in [-0.2, -0.15) is 13.2 Å². The molecule has 0 heterocycles. The van der Waals surface area contributed by atoms with E-state index in [1.165, 1.54) is 0 Å². The Morgan fingerprint density at radius 2 is 1.64 bits per heavy atom. The maximum absolute atomic E-state index is 11.3. The first-order valence-corrected chi connectivity index (χ1v) is 2.43. The number of hydrogen-bond donors (Lipinski definition) is 0. The SMILES string of the molecule is CC(=O)CC(=O)C(F)(F)F.[Au]. The topological polar surface area (TPSA) is 34.1 Å². The van der Waals surface area contributed by atoms with E-state index in [9.17, 15) is 22.8 Å². The molecule has 0 bridgehead atoms. The van der Waals surface area contributed by atoms with E-state index in [1.54, 1.807) is 0 Å². The first-order valence-electron chi connectivity index (χ1n) is 2.43. The van der Waals surface area contributed by atoms with Crippen LogP contribution in [0.1, 0.15) is 13.3 Å². The minimum atomic E-state index is -4.87. The van der Waals surface area contributed by atoms with Gasteiger partial charge in [-0.05, 0) is 6.92 Å². The van der Waals surface area contributed by atoms with Crippen LogP contribution in [0.2, 0.25) is 0 Å². The molecule has 0 spiro atoms. The maximum atomic E-state index is 11.3. The molecule has 0 saturated carbocycles. The van der Waals surface area contributed by atoms with Gasteiger partial charge in [0.05, 0.1) is 6.42 Å². The van der Waals surface area contributed by atoms with Gasteiger partial charge < -0.3 is 0 Å². The van der Waals surface area contributed by atoms with Crippen molar-refractivity contribution in [3.8, 4) is 0 Å². The number of halogens is 3. The molecule has 0 aromatic heterocycles. The standard InChI is InChI=1S/C5H5F3O2.Au/c1-3(9)2-4(10)5(6,7)8;/h2H2,1H3;. The molecular formula is C5H5AuF3O2. The molecule has 0 atom stereocenters. The second-order valence-corrected chi connectivity index (χ2v) is 1.80. The van der Waals surface area contributed by atoms with Crippen molar-refractivity contribution in [2.24, 2.45) is 0 Å². The summed E-state index contributed by atoms with van der Waals surface area (Å²) in [6.07, 6.45) is -5.92. The van der Waals surface area contributed by atoms with Crippen LogP contribution in [0, 0.1) is 0 Å². The summed E-state index contributed by atoms with van der Waals surface area (Å²) < 4.78 is 33.9. The molecule has 0 aliphatic carbocycles. The van der Waals surface area contributed by atoms with Crippen molar-refractivity contribution in [1.82, 2.24) is 0 Å². The van der Waals surface area contributed by atoms with E-state index in [4.69, 9.17) is 0 Å². The fraction of sp³-hybridized carbons (Fsp3) is 0.600. The molecule has 0 aliphatic heterocycles. The van der Waals surface area contributed by atoms with E-state index in [2.05, 4.69) is 0 Å². The van der Waals surface area contributed by atoms with Crippen LogP contribution in [0.3, 0.4) is 0 Å². The van der Waals surface area contributed by atoms with Crippen LogP contribution in [0.25, 0.3) is 0 Å². The zero-order chi connectivity index (χ0) is 8.36. The Bertz CT molecular complexity index is 164. The van der Waals surface area contributed by atoms with Crippen molar-refractivity contribution in [3.63, 3.8) is 0 Å². The number of hydrogen-bond acceptors (Lipinski definition) is 2. The minimum absolute atomic E-state index is 0. The number of alkyl halides is 3. The van der Waals surface area contributed by atoms with Crippen LogP contribution >= 0.6 is 0 Å². The number of carbonyl (C=O) groups excluding carboxylic acids is 2. The summed E-state index contributed by atoms with van der Waals surface area (Å²) in [7, 11) is 0. The summed E-state index contributed by atoms with van der Waals surface area (Å²) in [5.41, 5.74) is 0. The van der Waals surface area contributed by atoms with Crippen LogP contribution in [0.15, 0.2) is 0 Å². The number of Topliss-reactive ketones (excluding diaryl/α,β-unsaturated/α-hetero) is 2. The molecule has 0 aromatic rings. The molecule has 0 fully saturated rings. The molecular weight excluding hydrogens is 346 g/mol. The molecule has 0 unspecified atom stereocenters. The Morgan fingerprint density at radius 3 is 1.73 bits per heavy atom. The van der Waals surface area contributed by atoms with E-state index < -0.39 is 24.2 Å². The first-order chi connectivity index (χ1) is 4.34. The van der Waals surface area contributed by atoms with Crippen LogP contribution in [-0.4, -0.2) is 17.7 Å². The zero-order valence-electron chi connectivity index (χ0n) is 5.46. The number of rotatable bonds is 2. The molecule has 0 N–H and O–H groups in total. The summed E-state index contributed by atoms with van der Waals surface area (Å²) in [5.74, 6) is -2.76. The molecule has 69 valence electrons. The molecule has 0 saturated heterocycles. The molecule has 0 rings (SSSR count). The summed E-state index contributed by atoms with van der Waals surface area (Å²) in [6, 6.07) is 0. The monoisotopic (exact) mass is 351 g/mol. The van der Waals surface area contributed by atoms with E-state index in [0.29, 0.717) is 0 Å². The maximum Gasteiger partial charge on any atom is 0.450 e. The molecule has 11 heavy (non-hydrogen) atoms. The van der Waals surface area contributed by atoms with Gasteiger partial charge in [-0.1, -0.05) is 0 Å². The predicted molar refractivity (Wildman–Crippen MR) is 26.4 cm³/mol. The smallest absolute Gasteiger partial charge is 0.300 e. The van der Waals surface area contributed by atoms with Crippen molar-refractivity contribution in [2.75, 3.05) is 0 Å². The van der Waals surface area contributed by atoms with E-state index in [1.807, 2.05) is 0 Å². The van der Waals surface area contributed by atoms with Crippen LogP contribution in [0.5, 0.6) is 0 Å². The van der Waals surface area contributed by atoms with Gasteiger partial charge in [-0.15, -0.1) is 0 Å². The summed E-state index contributed by atoms with van der Waals surface area (Å²) >= 11 is 0. The average Bonchev–Trinajstić information content (AvgIpc) is 1.60. The fourth-order valence-electron chi connectivity index (χ4n) is 0.326. The van der Waals surface area contributed by atoms with Gasteiger partial charge >= 0.3 is 6.18 Å². The Morgan fingerprint density at radius 1 is 1.27 bits per heavy atom. The second-order valence-electron chi connectivity index (χ2n) is 1.80. The van der Waals surface area contributed by atoms with Crippen LogP contribution in [0.4, 0.5) is 13.2 Å². The van der Waals surface area contributed by atoms with Gasteiger partial charge in [0.2, 0.25) is 5.78 Å². The van der Waals surface area contributed by atoms with Crippen molar-refractivity contribution in [2.45, 2.75) is 19.5 Å². The summed E-state index contributed by atoms with van der Waals surface area (Å²) in [4.78, 5) is 19.9. The van der Waals surface area contributed by atoms with E-state index >= 15 is 0 Å². The summed E-state index contributed by atoms with van der Waals surface area (Å²) in [5, 5.41) is 0. The largest absolute Gasteiger partial charge is 0.450 e. The van der Waals surface area contributed by atoms with Gasteiger partial charge in [0.1, 0.15) is 5.78 Å². The summed E-state index contributed by atoms with van der Waals surface area (Å²) in [6.45, 7) is 0.934. The Hall–Kier alpha value is -0.130. The molecule has 0 amide bonds. The molecule has 6 heteroatoms. The van der Waals surface area contributed by atoms with Crippen molar-refractivity contribution in [3.05, 3.63) is 0 Å². The van der Waals surface area contributed by atoms with Gasteiger partial charge in [-0.25, -0.2) is 0 Å². The number of carbonyl (C=O) groups is 2. The third kappa shape index (κ3) is 6.28. The molecule has 1 radical (unpaired) electrons. The van der Waals surface area contributed by atoms with Crippen LogP contribution < -0.4 is 0 Å². The average molecular weight is 351 g/mol. The fourth-order valence-corrected chi connectivity index (χ4v) is 0.326. The van der Waals surface area contributed by atoms with Gasteiger partial charge in [-0.3, -0.25) is 9.59 Å². The molecule has 0 aromatic carbocycles. The number of ketones is 2. The second kappa shape index (κ2) is 4.69. The minimum Gasteiger partial charge on any atom is -0.300 e. The normalized spacial score (nSPS) is 10.2. The molecule has 2 nitrogen and oxygen atoms in total. The van der Waals surface area contributed by atoms with Crippen molar-refractivity contribution in [1.29, 1.82) is 0 Å². The van der Waals surface area contributed by atoms with Gasteiger partial charge in [0.25, 0.3) is 0 Å². The Balaban J connectivity index is 0. The predicted octanol–water partition coefficient (Wildman–Crippen LogP) is 1.09. The zero-order valence-corrected chi connectivity index (χ0v) is 7.63. The first kappa shape index (κ1) is 13.5.